The number of esters is 1. The first kappa shape index (κ1) is 21.8. The number of nitrogens with zero attached hydrogens (tertiary/aromatic N) is 1. The number of halogens is 3. The average Bonchev–Trinajstić information content (AvgIpc) is 3.07. The Labute approximate surface area is 179 Å². The molecule has 0 saturated carbocycles. The Balaban J connectivity index is 1.78. The SMILES string of the molecule is COc1cc(C(=O)OC2CCN(c3cccc(Br)c3)C2=O)cc(OC)c1OC(F)F. The van der Waals surface area contributed by atoms with Crippen molar-refractivity contribution in [2.45, 2.75) is 19.1 Å². The third kappa shape index (κ3) is 4.64. The lowest BCUT2D eigenvalue weighted by Gasteiger charge is -2.18. The zero-order valence-corrected chi connectivity index (χ0v) is 17.6. The predicted octanol–water partition coefficient (Wildman–Crippen LogP) is 4.03. The molecule has 0 aromatic heterocycles. The second-order valence-corrected chi connectivity index (χ2v) is 7.16. The Morgan fingerprint density at radius 1 is 1.17 bits per heavy atom. The van der Waals surface area contributed by atoms with Crippen LogP contribution in [-0.2, 0) is 9.53 Å². The van der Waals surface area contributed by atoms with Gasteiger partial charge in [-0.25, -0.2) is 4.79 Å². The predicted molar refractivity (Wildman–Crippen MR) is 106 cm³/mol. The van der Waals surface area contributed by atoms with Gasteiger partial charge < -0.3 is 23.8 Å². The van der Waals surface area contributed by atoms with Crippen molar-refractivity contribution in [3.05, 3.63) is 46.4 Å². The van der Waals surface area contributed by atoms with Gasteiger partial charge in [-0.05, 0) is 30.3 Å². The molecule has 1 heterocycles. The summed E-state index contributed by atoms with van der Waals surface area (Å²) in [6, 6.07) is 9.59. The van der Waals surface area contributed by atoms with Gasteiger partial charge in [0.25, 0.3) is 5.91 Å². The summed E-state index contributed by atoms with van der Waals surface area (Å²) in [4.78, 5) is 26.8. The van der Waals surface area contributed by atoms with E-state index < -0.39 is 18.7 Å². The first-order chi connectivity index (χ1) is 14.3. The fraction of sp³-hybridized carbons (Fsp3) is 0.300. The van der Waals surface area contributed by atoms with Crippen molar-refractivity contribution in [3.8, 4) is 17.2 Å². The highest BCUT2D eigenvalue weighted by Crippen LogP contribution is 2.40. The molecule has 2 aromatic rings. The molecule has 10 heteroatoms. The molecule has 0 bridgehead atoms. The van der Waals surface area contributed by atoms with E-state index in [0.717, 1.165) is 4.47 Å². The number of carbonyl (C=O) groups excluding carboxylic acids is 2. The normalized spacial score (nSPS) is 16.0. The van der Waals surface area contributed by atoms with E-state index >= 15 is 0 Å². The molecule has 2 aromatic carbocycles. The van der Waals surface area contributed by atoms with Gasteiger partial charge in [-0.3, -0.25) is 4.79 Å². The summed E-state index contributed by atoms with van der Waals surface area (Å²) in [5.41, 5.74) is 0.656. The summed E-state index contributed by atoms with van der Waals surface area (Å²) in [7, 11) is 2.47. The van der Waals surface area contributed by atoms with Crippen molar-refractivity contribution < 1.29 is 37.3 Å². The molecule has 0 N–H and O–H groups in total. The second-order valence-electron chi connectivity index (χ2n) is 6.24. The van der Waals surface area contributed by atoms with Crippen molar-refractivity contribution in [1.29, 1.82) is 0 Å². The van der Waals surface area contributed by atoms with Gasteiger partial charge in [-0.2, -0.15) is 8.78 Å². The molecule has 1 amide bonds. The monoisotopic (exact) mass is 485 g/mol. The first-order valence-corrected chi connectivity index (χ1v) is 9.62. The summed E-state index contributed by atoms with van der Waals surface area (Å²) in [5, 5.41) is 0. The van der Waals surface area contributed by atoms with E-state index in [2.05, 4.69) is 20.7 Å². The number of carbonyl (C=O) groups is 2. The highest BCUT2D eigenvalue weighted by Gasteiger charge is 2.36. The van der Waals surface area contributed by atoms with Gasteiger partial charge in [0.15, 0.2) is 17.6 Å². The van der Waals surface area contributed by atoms with Gasteiger partial charge in [0.2, 0.25) is 5.75 Å². The van der Waals surface area contributed by atoms with Crippen LogP contribution in [-0.4, -0.2) is 45.4 Å². The summed E-state index contributed by atoms with van der Waals surface area (Å²) in [6.45, 7) is -2.72. The maximum absolute atomic E-state index is 12.7. The largest absolute Gasteiger partial charge is 0.493 e. The summed E-state index contributed by atoms with van der Waals surface area (Å²) in [6.07, 6.45) is -0.650. The van der Waals surface area contributed by atoms with E-state index in [-0.39, 0.29) is 28.7 Å². The Hall–Kier alpha value is -2.88. The number of hydrogen-bond donors (Lipinski definition) is 0. The van der Waals surface area contributed by atoms with Crippen LogP contribution in [0.25, 0.3) is 0 Å². The topological polar surface area (TPSA) is 74.3 Å². The lowest BCUT2D eigenvalue weighted by Crippen LogP contribution is -2.32. The van der Waals surface area contributed by atoms with Crippen molar-refractivity contribution in [2.75, 3.05) is 25.7 Å². The maximum Gasteiger partial charge on any atom is 0.387 e. The highest BCUT2D eigenvalue weighted by molar-refractivity contribution is 9.10. The van der Waals surface area contributed by atoms with Crippen LogP contribution in [0, 0.1) is 0 Å². The number of anilines is 1. The number of ether oxygens (including phenoxy) is 4. The molecule has 0 spiro atoms. The number of hydrogen-bond acceptors (Lipinski definition) is 6. The van der Waals surface area contributed by atoms with Gasteiger partial charge in [-0.15, -0.1) is 0 Å². The Kier molecular flexibility index (Phi) is 6.76. The van der Waals surface area contributed by atoms with E-state index in [1.807, 2.05) is 6.07 Å². The van der Waals surface area contributed by atoms with Crippen molar-refractivity contribution >= 4 is 33.5 Å². The van der Waals surface area contributed by atoms with Crippen LogP contribution in [0.5, 0.6) is 17.2 Å². The third-order valence-corrected chi connectivity index (χ3v) is 4.92. The molecule has 3 rings (SSSR count). The first-order valence-electron chi connectivity index (χ1n) is 8.82. The van der Waals surface area contributed by atoms with Crippen LogP contribution in [0.3, 0.4) is 0 Å². The van der Waals surface area contributed by atoms with E-state index in [0.29, 0.717) is 18.7 Å². The molecule has 7 nitrogen and oxygen atoms in total. The van der Waals surface area contributed by atoms with Crippen molar-refractivity contribution in [1.82, 2.24) is 0 Å². The van der Waals surface area contributed by atoms with Crippen LogP contribution >= 0.6 is 15.9 Å². The number of rotatable bonds is 7. The molecule has 1 atom stereocenters. The zero-order valence-electron chi connectivity index (χ0n) is 16.1. The average molecular weight is 486 g/mol. The Morgan fingerprint density at radius 2 is 1.83 bits per heavy atom. The van der Waals surface area contributed by atoms with E-state index in [1.165, 1.54) is 31.3 Å². The summed E-state index contributed by atoms with van der Waals surface area (Å²) < 4.78 is 46.0. The van der Waals surface area contributed by atoms with Crippen molar-refractivity contribution in [2.24, 2.45) is 0 Å². The molecule has 0 radical (unpaired) electrons. The third-order valence-electron chi connectivity index (χ3n) is 4.43. The van der Waals surface area contributed by atoms with Crippen LogP contribution < -0.4 is 19.1 Å². The number of amides is 1. The van der Waals surface area contributed by atoms with Gasteiger partial charge in [0.05, 0.1) is 19.8 Å². The standard InChI is InChI=1S/C20H18BrF2NO6/c1-27-15-8-11(9-16(28-2)17(15)30-20(22)23)19(26)29-14-6-7-24(18(14)25)13-5-3-4-12(21)10-13/h3-5,8-10,14,20H,6-7H2,1-2H3. The Bertz CT molecular complexity index is 930. The molecular weight excluding hydrogens is 468 g/mol. The minimum absolute atomic E-state index is 0.0287. The molecule has 1 unspecified atom stereocenters. The number of alkyl halides is 2. The molecular formula is C20H18BrF2NO6. The number of benzene rings is 2. The van der Waals surface area contributed by atoms with Gasteiger partial charge >= 0.3 is 12.6 Å². The van der Waals surface area contributed by atoms with E-state index in [1.54, 1.807) is 18.2 Å². The van der Waals surface area contributed by atoms with E-state index in [9.17, 15) is 18.4 Å². The van der Waals surface area contributed by atoms with Crippen LogP contribution in [0.1, 0.15) is 16.8 Å². The lowest BCUT2D eigenvalue weighted by molar-refractivity contribution is -0.124. The molecule has 1 saturated heterocycles. The second kappa shape index (κ2) is 9.29. The van der Waals surface area contributed by atoms with Gasteiger partial charge in [-0.1, -0.05) is 22.0 Å². The zero-order chi connectivity index (χ0) is 21.8. The van der Waals surface area contributed by atoms with Crippen molar-refractivity contribution in [3.63, 3.8) is 0 Å². The van der Waals surface area contributed by atoms with Gasteiger partial charge in [0, 0.05) is 23.1 Å². The molecule has 1 aliphatic heterocycles. The van der Waals surface area contributed by atoms with Gasteiger partial charge in [0.1, 0.15) is 0 Å². The van der Waals surface area contributed by atoms with Crippen LogP contribution in [0.15, 0.2) is 40.9 Å². The molecule has 30 heavy (non-hydrogen) atoms. The smallest absolute Gasteiger partial charge is 0.387 e. The fourth-order valence-corrected chi connectivity index (χ4v) is 3.45. The maximum atomic E-state index is 12.7. The number of methoxy groups -OCH3 is 2. The molecule has 1 aliphatic rings. The lowest BCUT2D eigenvalue weighted by atomic mass is 10.1. The molecule has 160 valence electrons. The van der Waals surface area contributed by atoms with Crippen LogP contribution in [0.4, 0.5) is 14.5 Å². The van der Waals surface area contributed by atoms with E-state index in [4.69, 9.17) is 14.2 Å². The summed E-state index contributed by atoms with van der Waals surface area (Å²) >= 11 is 3.36. The Morgan fingerprint density at radius 3 is 2.40 bits per heavy atom. The fourth-order valence-electron chi connectivity index (χ4n) is 3.06. The molecule has 1 fully saturated rings. The van der Waals surface area contributed by atoms with Crippen LogP contribution in [0.2, 0.25) is 0 Å². The minimum atomic E-state index is -3.11. The minimum Gasteiger partial charge on any atom is -0.493 e. The molecule has 0 aliphatic carbocycles. The summed E-state index contributed by atoms with van der Waals surface area (Å²) in [5.74, 6) is -1.77. The highest BCUT2D eigenvalue weighted by atomic mass is 79.9. The quantitative estimate of drug-likeness (QED) is 0.551.